The maximum atomic E-state index is 12.3. The van der Waals surface area contributed by atoms with Crippen LogP contribution in [0.1, 0.15) is 39.5 Å². The third kappa shape index (κ3) is 3.11. The zero-order valence-corrected chi connectivity index (χ0v) is 10.6. The number of likely N-dealkylation sites (tertiary alicyclic amines) is 1. The molecule has 4 nitrogen and oxygen atoms in total. The number of urea groups is 1. The first-order valence-electron chi connectivity index (χ1n) is 6.50. The van der Waals surface area contributed by atoms with Crippen LogP contribution in [0.2, 0.25) is 0 Å². The number of carbonyl (C=O) groups excluding carboxylic acids is 1. The molecule has 0 radical (unpaired) electrons. The largest absolute Gasteiger partial charge is 0.328 e. The van der Waals surface area contributed by atoms with E-state index in [1.807, 2.05) is 23.6 Å². The Morgan fingerprint density at radius 3 is 2.56 bits per heavy atom. The molecule has 1 atom stereocenters. The van der Waals surface area contributed by atoms with Crippen molar-refractivity contribution in [2.24, 2.45) is 5.73 Å². The quantitative estimate of drug-likeness (QED) is 0.797. The highest BCUT2D eigenvalue weighted by Gasteiger charge is 2.26. The standard InChI is InChI=1S/C12H25N3O/c1-3-14(4-2)12(16)15-9-7-5-6-8-11(15)10-13/h11H,3-10,13H2,1-2H3. The van der Waals surface area contributed by atoms with Crippen molar-refractivity contribution in [3.8, 4) is 0 Å². The van der Waals surface area contributed by atoms with Crippen LogP contribution in [0.25, 0.3) is 0 Å². The molecule has 1 aliphatic heterocycles. The maximum Gasteiger partial charge on any atom is 0.320 e. The van der Waals surface area contributed by atoms with E-state index in [1.165, 1.54) is 12.8 Å². The van der Waals surface area contributed by atoms with Gasteiger partial charge in [0.1, 0.15) is 0 Å². The van der Waals surface area contributed by atoms with Crippen molar-refractivity contribution in [1.29, 1.82) is 0 Å². The second kappa shape index (κ2) is 6.74. The monoisotopic (exact) mass is 227 g/mol. The van der Waals surface area contributed by atoms with Crippen molar-refractivity contribution < 1.29 is 4.79 Å². The Balaban J connectivity index is 2.68. The van der Waals surface area contributed by atoms with Gasteiger partial charge in [-0.3, -0.25) is 0 Å². The van der Waals surface area contributed by atoms with Crippen molar-refractivity contribution in [3.63, 3.8) is 0 Å². The summed E-state index contributed by atoms with van der Waals surface area (Å²) in [5.74, 6) is 0. The number of amides is 2. The Hall–Kier alpha value is -0.770. The summed E-state index contributed by atoms with van der Waals surface area (Å²) in [6, 6.07) is 0.415. The van der Waals surface area contributed by atoms with E-state index in [2.05, 4.69) is 0 Å². The number of nitrogens with two attached hydrogens (primary N) is 1. The van der Waals surface area contributed by atoms with E-state index in [1.54, 1.807) is 0 Å². The van der Waals surface area contributed by atoms with Gasteiger partial charge in [-0.15, -0.1) is 0 Å². The van der Waals surface area contributed by atoms with Crippen LogP contribution in [0.5, 0.6) is 0 Å². The third-order valence-electron chi connectivity index (χ3n) is 3.43. The zero-order valence-electron chi connectivity index (χ0n) is 10.6. The van der Waals surface area contributed by atoms with Crippen molar-refractivity contribution in [2.45, 2.75) is 45.6 Å². The van der Waals surface area contributed by atoms with Gasteiger partial charge in [-0.25, -0.2) is 4.79 Å². The minimum Gasteiger partial charge on any atom is -0.328 e. The van der Waals surface area contributed by atoms with Crippen molar-refractivity contribution in [3.05, 3.63) is 0 Å². The fourth-order valence-electron chi connectivity index (χ4n) is 2.35. The summed E-state index contributed by atoms with van der Waals surface area (Å²) >= 11 is 0. The van der Waals surface area contributed by atoms with Crippen molar-refractivity contribution in [2.75, 3.05) is 26.2 Å². The van der Waals surface area contributed by atoms with Crippen LogP contribution in [-0.2, 0) is 0 Å². The van der Waals surface area contributed by atoms with Crippen LogP contribution >= 0.6 is 0 Å². The summed E-state index contributed by atoms with van der Waals surface area (Å²) in [6.07, 6.45) is 4.59. The average molecular weight is 227 g/mol. The average Bonchev–Trinajstić information content (AvgIpc) is 2.55. The molecule has 1 aliphatic rings. The lowest BCUT2D eigenvalue weighted by atomic mass is 10.1. The van der Waals surface area contributed by atoms with E-state index in [0.717, 1.165) is 32.5 Å². The van der Waals surface area contributed by atoms with Crippen LogP contribution < -0.4 is 5.73 Å². The Kier molecular flexibility index (Phi) is 5.60. The first-order valence-corrected chi connectivity index (χ1v) is 6.50. The molecule has 0 aliphatic carbocycles. The van der Waals surface area contributed by atoms with Gasteiger partial charge in [0.05, 0.1) is 0 Å². The van der Waals surface area contributed by atoms with E-state index < -0.39 is 0 Å². The second-order valence-corrected chi connectivity index (χ2v) is 4.39. The highest BCUT2D eigenvalue weighted by Crippen LogP contribution is 2.17. The molecule has 94 valence electrons. The van der Waals surface area contributed by atoms with Gasteiger partial charge in [0.2, 0.25) is 0 Å². The van der Waals surface area contributed by atoms with E-state index in [-0.39, 0.29) is 12.1 Å². The zero-order chi connectivity index (χ0) is 12.0. The minimum absolute atomic E-state index is 0.169. The molecule has 1 fully saturated rings. The van der Waals surface area contributed by atoms with Crippen LogP contribution in [0, 0.1) is 0 Å². The number of hydrogen-bond donors (Lipinski definition) is 1. The summed E-state index contributed by atoms with van der Waals surface area (Å²) in [6.45, 7) is 7.07. The summed E-state index contributed by atoms with van der Waals surface area (Å²) < 4.78 is 0. The molecule has 0 aromatic carbocycles. The minimum atomic E-state index is 0.169. The fourth-order valence-corrected chi connectivity index (χ4v) is 2.35. The molecule has 0 saturated carbocycles. The molecular formula is C12H25N3O. The predicted molar refractivity (Wildman–Crippen MR) is 66.3 cm³/mol. The van der Waals surface area contributed by atoms with Gasteiger partial charge in [-0.05, 0) is 26.7 Å². The van der Waals surface area contributed by atoms with Gasteiger partial charge >= 0.3 is 6.03 Å². The molecule has 2 N–H and O–H groups in total. The van der Waals surface area contributed by atoms with Gasteiger partial charge in [0, 0.05) is 32.2 Å². The number of carbonyl (C=O) groups is 1. The van der Waals surface area contributed by atoms with Gasteiger partial charge in [-0.2, -0.15) is 0 Å². The van der Waals surface area contributed by atoms with Gasteiger partial charge in [0.25, 0.3) is 0 Å². The Labute approximate surface area is 98.8 Å². The molecule has 2 amide bonds. The molecule has 4 heteroatoms. The molecular weight excluding hydrogens is 202 g/mol. The summed E-state index contributed by atoms with van der Waals surface area (Å²) in [4.78, 5) is 16.1. The molecule has 1 heterocycles. The van der Waals surface area contributed by atoms with E-state index in [4.69, 9.17) is 5.73 Å². The van der Waals surface area contributed by atoms with Crippen LogP contribution in [0.15, 0.2) is 0 Å². The Bertz CT molecular complexity index is 216. The molecule has 16 heavy (non-hydrogen) atoms. The molecule has 0 aromatic heterocycles. The van der Waals surface area contributed by atoms with Crippen molar-refractivity contribution in [1.82, 2.24) is 9.80 Å². The summed E-state index contributed by atoms with van der Waals surface area (Å²) in [5.41, 5.74) is 5.77. The second-order valence-electron chi connectivity index (χ2n) is 4.39. The highest BCUT2D eigenvalue weighted by atomic mass is 16.2. The lowest BCUT2D eigenvalue weighted by Gasteiger charge is -2.33. The third-order valence-corrected chi connectivity index (χ3v) is 3.43. The summed E-state index contributed by atoms with van der Waals surface area (Å²) in [5, 5.41) is 0. The molecule has 1 rings (SSSR count). The lowest BCUT2D eigenvalue weighted by molar-refractivity contribution is 0.139. The first-order chi connectivity index (χ1) is 7.74. The molecule has 0 aromatic rings. The van der Waals surface area contributed by atoms with Crippen LogP contribution in [-0.4, -0.2) is 48.1 Å². The number of nitrogens with zero attached hydrogens (tertiary/aromatic N) is 2. The number of hydrogen-bond acceptors (Lipinski definition) is 2. The number of rotatable bonds is 3. The smallest absolute Gasteiger partial charge is 0.320 e. The van der Waals surface area contributed by atoms with Gasteiger partial charge in [-0.1, -0.05) is 12.8 Å². The molecule has 0 spiro atoms. The van der Waals surface area contributed by atoms with Crippen molar-refractivity contribution >= 4 is 6.03 Å². The van der Waals surface area contributed by atoms with E-state index in [0.29, 0.717) is 6.54 Å². The Morgan fingerprint density at radius 2 is 2.00 bits per heavy atom. The maximum absolute atomic E-state index is 12.3. The molecule has 0 bridgehead atoms. The lowest BCUT2D eigenvalue weighted by Crippen LogP contribution is -2.50. The summed E-state index contributed by atoms with van der Waals surface area (Å²) in [7, 11) is 0. The van der Waals surface area contributed by atoms with Crippen LogP contribution in [0.3, 0.4) is 0 Å². The SMILES string of the molecule is CCN(CC)C(=O)N1CCCCCC1CN. The predicted octanol–water partition coefficient (Wildman–Crippen LogP) is 1.65. The van der Waals surface area contributed by atoms with E-state index in [9.17, 15) is 4.79 Å². The van der Waals surface area contributed by atoms with Gasteiger partial charge < -0.3 is 15.5 Å². The fraction of sp³-hybridized carbons (Fsp3) is 0.917. The molecule has 1 unspecified atom stereocenters. The van der Waals surface area contributed by atoms with Crippen LogP contribution in [0.4, 0.5) is 4.79 Å². The topological polar surface area (TPSA) is 49.6 Å². The van der Waals surface area contributed by atoms with Gasteiger partial charge in [0.15, 0.2) is 0 Å². The molecule has 1 saturated heterocycles. The Morgan fingerprint density at radius 1 is 1.31 bits per heavy atom. The highest BCUT2D eigenvalue weighted by molar-refractivity contribution is 5.74. The van der Waals surface area contributed by atoms with E-state index >= 15 is 0 Å². The normalized spacial score (nSPS) is 21.7. The first kappa shape index (κ1) is 13.3.